The highest BCUT2D eigenvalue weighted by atomic mass is 35.5. The lowest BCUT2D eigenvalue weighted by Gasteiger charge is -2.00. The summed E-state index contributed by atoms with van der Waals surface area (Å²) in [6.45, 7) is 1.15. The Morgan fingerprint density at radius 3 is 2.62 bits per heavy atom. The molecule has 1 N–H and O–H groups in total. The minimum atomic E-state index is 0.487. The lowest BCUT2D eigenvalue weighted by Crippen LogP contribution is -2.13. The Morgan fingerprint density at radius 2 is 1.86 bits per heavy atom. The number of hydrogen-bond acceptors (Lipinski definition) is 5. The Morgan fingerprint density at radius 1 is 1.00 bits per heavy atom. The van der Waals surface area contributed by atoms with E-state index in [0.29, 0.717) is 29.9 Å². The Labute approximate surface area is 127 Å². The second-order valence-corrected chi connectivity index (χ2v) is 4.87. The number of benzene rings is 1. The van der Waals surface area contributed by atoms with Crippen LogP contribution in [-0.4, -0.2) is 15.2 Å². The third-order valence-corrected chi connectivity index (χ3v) is 3.12. The fourth-order valence-corrected chi connectivity index (χ4v) is 1.96. The minimum absolute atomic E-state index is 0.487. The van der Waals surface area contributed by atoms with Gasteiger partial charge in [0.05, 0.1) is 12.2 Å². The van der Waals surface area contributed by atoms with Gasteiger partial charge in [-0.15, -0.1) is 10.2 Å². The molecule has 2 heterocycles. The van der Waals surface area contributed by atoms with Gasteiger partial charge < -0.3 is 9.73 Å². The molecule has 0 aliphatic carbocycles. The van der Waals surface area contributed by atoms with Crippen LogP contribution in [0.2, 0.25) is 5.02 Å². The molecule has 0 aliphatic rings. The molecule has 3 aromatic rings. The zero-order chi connectivity index (χ0) is 14.5. The van der Waals surface area contributed by atoms with E-state index in [9.17, 15) is 0 Å². The average Bonchev–Trinajstić information content (AvgIpc) is 2.98. The van der Waals surface area contributed by atoms with E-state index in [-0.39, 0.29) is 0 Å². The van der Waals surface area contributed by atoms with Crippen molar-refractivity contribution >= 4 is 11.6 Å². The molecule has 0 atom stereocenters. The molecule has 0 spiro atoms. The van der Waals surface area contributed by atoms with E-state index in [1.54, 1.807) is 18.3 Å². The van der Waals surface area contributed by atoms with Crippen LogP contribution in [0.1, 0.15) is 11.6 Å². The summed E-state index contributed by atoms with van der Waals surface area (Å²) in [5.74, 6) is 1.03. The first-order valence-corrected chi connectivity index (χ1v) is 6.88. The first-order valence-electron chi connectivity index (χ1n) is 6.50. The minimum Gasteiger partial charge on any atom is -0.419 e. The van der Waals surface area contributed by atoms with E-state index < -0.39 is 0 Å². The van der Waals surface area contributed by atoms with Gasteiger partial charge in [-0.1, -0.05) is 17.7 Å². The van der Waals surface area contributed by atoms with Crippen LogP contribution in [0.4, 0.5) is 0 Å². The van der Waals surface area contributed by atoms with E-state index >= 15 is 0 Å². The molecule has 5 nitrogen and oxygen atoms in total. The highest BCUT2D eigenvalue weighted by molar-refractivity contribution is 6.30. The normalized spacial score (nSPS) is 10.7. The smallest absolute Gasteiger partial charge is 0.247 e. The summed E-state index contributed by atoms with van der Waals surface area (Å²) in [7, 11) is 0. The van der Waals surface area contributed by atoms with Gasteiger partial charge in [0, 0.05) is 23.3 Å². The van der Waals surface area contributed by atoms with Crippen molar-refractivity contribution in [3.8, 4) is 11.5 Å². The Balaban J connectivity index is 1.59. The van der Waals surface area contributed by atoms with Gasteiger partial charge in [0.25, 0.3) is 0 Å². The third-order valence-electron chi connectivity index (χ3n) is 2.87. The van der Waals surface area contributed by atoms with Gasteiger partial charge >= 0.3 is 0 Å². The number of pyridine rings is 1. The van der Waals surface area contributed by atoms with Crippen LogP contribution in [0.5, 0.6) is 0 Å². The molecular weight excluding hydrogens is 288 g/mol. The Bertz CT molecular complexity index is 697. The lowest BCUT2D eigenvalue weighted by molar-refractivity contribution is 0.476. The van der Waals surface area contributed by atoms with Gasteiger partial charge in [0.15, 0.2) is 0 Å². The molecule has 0 fully saturated rings. The molecule has 0 saturated carbocycles. The van der Waals surface area contributed by atoms with Crippen molar-refractivity contribution in [1.82, 2.24) is 20.5 Å². The molecular formula is C15H13ClN4O. The van der Waals surface area contributed by atoms with E-state index in [4.69, 9.17) is 16.0 Å². The maximum atomic E-state index is 5.85. The fraction of sp³-hybridized carbons (Fsp3) is 0.133. The quantitative estimate of drug-likeness (QED) is 0.784. The van der Waals surface area contributed by atoms with Crippen molar-refractivity contribution in [2.75, 3.05) is 0 Å². The third kappa shape index (κ3) is 3.65. The topological polar surface area (TPSA) is 63.8 Å². The fourth-order valence-electron chi connectivity index (χ4n) is 1.83. The van der Waals surface area contributed by atoms with Crippen molar-refractivity contribution in [3.05, 3.63) is 65.3 Å². The number of halogens is 1. The first kappa shape index (κ1) is 13.7. The molecule has 3 rings (SSSR count). The van der Waals surface area contributed by atoms with Crippen LogP contribution >= 0.6 is 11.6 Å². The zero-order valence-electron chi connectivity index (χ0n) is 11.2. The number of aromatic nitrogens is 3. The van der Waals surface area contributed by atoms with Crippen molar-refractivity contribution < 1.29 is 4.42 Å². The summed E-state index contributed by atoms with van der Waals surface area (Å²) in [5.41, 5.74) is 1.82. The van der Waals surface area contributed by atoms with Crippen LogP contribution in [0.25, 0.3) is 11.5 Å². The number of hydrogen-bond donors (Lipinski definition) is 1. The highest BCUT2D eigenvalue weighted by Crippen LogP contribution is 2.20. The Kier molecular flexibility index (Phi) is 4.23. The number of rotatable bonds is 5. The molecule has 6 heteroatoms. The highest BCUT2D eigenvalue weighted by Gasteiger charge is 2.08. The van der Waals surface area contributed by atoms with E-state index in [1.165, 1.54) is 0 Å². The predicted octanol–water partition coefficient (Wildman–Crippen LogP) is 3.07. The standard InChI is InChI=1S/C15H13ClN4O/c16-12-6-4-11(5-7-12)15-20-19-14(21-15)10-17-9-13-3-1-2-8-18-13/h1-8,17H,9-10H2. The van der Waals surface area contributed by atoms with Crippen molar-refractivity contribution in [3.63, 3.8) is 0 Å². The van der Waals surface area contributed by atoms with Gasteiger partial charge in [-0.2, -0.15) is 0 Å². The van der Waals surface area contributed by atoms with Gasteiger partial charge in [-0.3, -0.25) is 4.98 Å². The second kappa shape index (κ2) is 6.47. The van der Waals surface area contributed by atoms with Gasteiger partial charge in [-0.25, -0.2) is 0 Å². The van der Waals surface area contributed by atoms with Crippen LogP contribution in [0.3, 0.4) is 0 Å². The van der Waals surface area contributed by atoms with E-state index in [0.717, 1.165) is 11.3 Å². The molecule has 0 radical (unpaired) electrons. The molecule has 0 amide bonds. The molecule has 0 aliphatic heterocycles. The first-order chi connectivity index (χ1) is 10.3. The van der Waals surface area contributed by atoms with Gasteiger partial charge in [0.1, 0.15) is 0 Å². The number of nitrogens with zero attached hydrogens (tertiary/aromatic N) is 3. The van der Waals surface area contributed by atoms with E-state index in [2.05, 4.69) is 20.5 Å². The molecule has 0 saturated heterocycles. The molecule has 2 aromatic heterocycles. The molecule has 21 heavy (non-hydrogen) atoms. The summed E-state index contributed by atoms with van der Waals surface area (Å²) in [4.78, 5) is 4.23. The van der Waals surface area contributed by atoms with E-state index in [1.807, 2.05) is 30.3 Å². The van der Waals surface area contributed by atoms with Crippen molar-refractivity contribution in [1.29, 1.82) is 0 Å². The molecule has 0 unspecified atom stereocenters. The second-order valence-electron chi connectivity index (χ2n) is 4.43. The average molecular weight is 301 g/mol. The van der Waals surface area contributed by atoms with Crippen LogP contribution < -0.4 is 5.32 Å². The molecule has 0 bridgehead atoms. The molecule has 106 valence electrons. The summed E-state index contributed by atoms with van der Waals surface area (Å²) < 4.78 is 5.60. The Hall–Kier alpha value is -2.24. The number of nitrogens with one attached hydrogen (secondary N) is 1. The van der Waals surface area contributed by atoms with Gasteiger partial charge in [-0.05, 0) is 36.4 Å². The lowest BCUT2D eigenvalue weighted by atomic mass is 10.2. The summed E-state index contributed by atoms with van der Waals surface area (Å²) in [6.07, 6.45) is 1.77. The maximum absolute atomic E-state index is 5.85. The summed E-state index contributed by atoms with van der Waals surface area (Å²) in [6, 6.07) is 13.1. The zero-order valence-corrected chi connectivity index (χ0v) is 11.9. The van der Waals surface area contributed by atoms with Gasteiger partial charge in [0.2, 0.25) is 11.8 Å². The predicted molar refractivity (Wildman–Crippen MR) is 79.5 cm³/mol. The van der Waals surface area contributed by atoms with Crippen LogP contribution in [-0.2, 0) is 13.1 Å². The SMILES string of the molecule is Clc1ccc(-c2nnc(CNCc3ccccn3)o2)cc1. The largest absolute Gasteiger partial charge is 0.419 e. The monoisotopic (exact) mass is 300 g/mol. The van der Waals surface area contributed by atoms with Crippen LogP contribution in [0.15, 0.2) is 53.1 Å². The summed E-state index contributed by atoms with van der Waals surface area (Å²) >= 11 is 5.85. The van der Waals surface area contributed by atoms with Crippen molar-refractivity contribution in [2.45, 2.75) is 13.1 Å². The van der Waals surface area contributed by atoms with Crippen LogP contribution in [0, 0.1) is 0 Å². The summed E-state index contributed by atoms with van der Waals surface area (Å²) in [5, 5.41) is 11.9. The molecule has 1 aromatic carbocycles. The maximum Gasteiger partial charge on any atom is 0.247 e. The van der Waals surface area contributed by atoms with Crippen molar-refractivity contribution in [2.24, 2.45) is 0 Å².